The van der Waals surface area contributed by atoms with E-state index in [2.05, 4.69) is 106 Å². The minimum absolute atomic E-state index is 0.646. The molecule has 0 unspecified atom stereocenters. The molecule has 1 saturated carbocycles. The molecule has 1 aliphatic carbocycles. The highest BCUT2D eigenvalue weighted by Crippen LogP contribution is 2.39. The largest absolute Gasteiger partial charge is 0.437 e. The molecule has 7 rings (SSSR count). The Bertz CT molecular complexity index is 1860. The maximum atomic E-state index is 6.53. The smallest absolute Gasteiger partial charge is 0.227 e. The topological polar surface area (TPSA) is 38.9 Å². The van der Waals surface area contributed by atoms with Gasteiger partial charge >= 0.3 is 0 Å². The highest BCUT2D eigenvalue weighted by atomic mass is 16.3. The SMILES string of the molecule is Cc1cc(-c2cccc3c2oc2nc(-c4c(C)ccc(-c5ccccc5)c4C)ccc23)ncc1C1CCCCC1. The fraction of sp³-hybridized carbons (Fsp3) is 0.243. The van der Waals surface area contributed by atoms with Crippen LogP contribution in [-0.2, 0) is 0 Å². The summed E-state index contributed by atoms with van der Waals surface area (Å²) in [6, 6.07) is 27.8. The van der Waals surface area contributed by atoms with E-state index in [9.17, 15) is 0 Å². The van der Waals surface area contributed by atoms with Crippen molar-refractivity contribution in [3.8, 4) is 33.6 Å². The standard InChI is InChI=1S/C37H34N2O/c1-23-17-18-28(26-11-6-4-7-12-26)25(3)35(23)33-20-19-30-29-15-10-16-31(36(29)40-37(30)39-33)34-21-24(2)32(22-38-34)27-13-8-5-9-14-27/h4,6-7,10-12,15-22,27H,5,8-9,13-14H2,1-3H3. The molecule has 3 nitrogen and oxygen atoms in total. The summed E-state index contributed by atoms with van der Waals surface area (Å²) in [4.78, 5) is 10.0. The van der Waals surface area contributed by atoms with Crippen molar-refractivity contribution in [3.05, 3.63) is 107 Å². The van der Waals surface area contributed by atoms with E-state index in [1.54, 1.807) is 0 Å². The molecule has 3 aromatic carbocycles. The van der Waals surface area contributed by atoms with Gasteiger partial charge < -0.3 is 4.42 Å². The molecule has 0 amide bonds. The number of hydrogen-bond acceptors (Lipinski definition) is 3. The second-order valence-electron chi connectivity index (χ2n) is 11.4. The van der Waals surface area contributed by atoms with Crippen LogP contribution in [0.15, 0.2) is 89.5 Å². The van der Waals surface area contributed by atoms with Crippen LogP contribution < -0.4 is 0 Å². The summed E-state index contributed by atoms with van der Waals surface area (Å²) in [5.41, 5.74) is 13.2. The number of rotatable bonds is 4. The van der Waals surface area contributed by atoms with Crippen molar-refractivity contribution in [2.75, 3.05) is 0 Å². The lowest BCUT2D eigenvalue weighted by Gasteiger charge is -2.23. The lowest BCUT2D eigenvalue weighted by Crippen LogP contribution is -2.07. The molecule has 3 heteroatoms. The zero-order valence-corrected chi connectivity index (χ0v) is 23.5. The average Bonchev–Trinajstić information content (AvgIpc) is 3.36. The monoisotopic (exact) mass is 522 g/mol. The van der Waals surface area contributed by atoms with Gasteiger partial charge in [-0.25, -0.2) is 4.98 Å². The van der Waals surface area contributed by atoms with Gasteiger partial charge in [-0.05, 0) is 97.2 Å². The van der Waals surface area contributed by atoms with Crippen LogP contribution in [0, 0.1) is 20.8 Å². The summed E-state index contributed by atoms with van der Waals surface area (Å²) >= 11 is 0. The molecule has 0 aliphatic heterocycles. The Balaban J connectivity index is 1.32. The van der Waals surface area contributed by atoms with Gasteiger partial charge in [-0.15, -0.1) is 0 Å². The van der Waals surface area contributed by atoms with Crippen LogP contribution in [-0.4, -0.2) is 9.97 Å². The first-order chi connectivity index (χ1) is 19.6. The van der Waals surface area contributed by atoms with Crippen molar-refractivity contribution in [1.82, 2.24) is 9.97 Å². The first kappa shape index (κ1) is 24.8. The lowest BCUT2D eigenvalue weighted by molar-refractivity contribution is 0.441. The van der Waals surface area contributed by atoms with Gasteiger partial charge in [0.2, 0.25) is 5.71 Å². The number of furan rings is 1. The third-order valence-electron chi connectivity index (χ3n) is 8.85. The van der Waals surface area contributed by atoms with Crippen molar-refractivity contribution < 1.29 is 4.42 Å². The minimum Gasteiger partial charge on any atom is -0.437 e. The Labute approximate surface area is 235 Å². The number of benzene rings is 3. The number of hydrogen-bond donors (Lipinski definition) is 0. The van der Waals surface area contributed by atoms with Gasteiger partial charge in [-0.1, -0.05) is 73.9 Å². The normalized spacial score (nSPS) is 14.3. The Morgan fingerprint density at radius 1 is 0.700 bits per heavy atom. The van der Waals surface area contributed by atoms with Gasteiger partial charge in [-0.3, -0.25) is 4.98 Å². The summed E-state index contributed by atoms with van der Waals surface area (Å²) < 4.78 is 6.53. The maximum absolute atomic E-state index is 6.53. The van der Waals surface area contributed by atoms with Crippen LogP contribution in [0.25, 0.3) is 55.7 Å². The van der Waals surface area contributed by atoms with Crippen molar-refractivity contribution in [3.63, 3.8) is 0 Å². The molecule has 0 atom stereocenters. The predicted octanol–water partition coefficient (Wildman–Crippen LogP) is 10.3. The molecule has 0 N–H and O–H groups in total. The molecule has 0 saturated heterocycles. The van der Waals surface area contributed by atoms with E-state index >= 15 is 0 Å². The zero-order valence-electron chi connectivity index (χ0n) is 23.5. The Hall–Kier alpha value is -4.24. The molecular weight excluding hydrogens is 488 g/mol. The van der Waals surface area contributed by atoms with Crippen LogP contribution in [0.4, 0.5) is 0 Å². The number of para-hydroxylation sites is 1. The van der Waals surface area contributed by atoms with Crippen molar-refractivity contribution in [1.29, 1.82) is 0 Å². The van der Waals surface area contributed by atoms with Crippen LogP contribution in [0.2, 0.25) is 0 Å². The first-order valence-corrected chi connectivity index (χ1v) is 14.5. The van der Waals surface area contributed by atoms with Gasteiger partial charge in [0, 0.05) is 28.1 Å². The molecule has 6 aromatic rings. The summed E-state index contributed by atoms with van der Waals surface area (Å²) in [5.74, 6) is 0.646. The summed E-state index contributed by atoms with van der Waals surface area (Å²) in [7, 11) is 0. The summed E-state index contributed by atoms with van der Waals surface area (Å²) in [6.07, 6.45) is 8.69. The Kier molecular flexibility index (Phi) is 6.23. The van der Waals surface area contributed by atoms with Crippen molar-refractivity contribution >= 4 is 22.1 Å². The molecule has 3 aromatic heterocycles. The Morgan fingerprint density at radius 3 is 2.33 bits per heavy atom. The van der Waals surface area contributed by atoms with Gasteiger partial charge in [0.05, 0.1) is 11.4 Å². The lowest BCUT2D eigenvalue weighted by atomic mass is 9.83. The molecule has 3 heterocycles. The minimum atomic E-state index is 0.646. The van der Waals surface area contributed by atoms with Gasteiger partial charge in [-0.2, -0.15) is 0 Å². The molecule has 1 aliphatic rings. The van der Waals surface area contributed by atoms with Gasteiger partial charge in [0.25, 0.3) is 0 Å². The molecule has 40 heavy (non-hydrogen) atoms. The molecule has 0 radical (unpaired) electrons. The fourth-order valence-corrected chi connectivity index (χ4v) is 6.75. The zero-order chi connectivity index (χ0) is 27.2. The number of aromatic nitrogens is 2. The quantitative estimate of drug-likeness (QED) is 0.231. The summed E-state index contributed by atoms with van der Waals surface area (Å²) in [5, 5.41) is 2.11. The van der Waals surface area contributed by atoms with E-state index < -0.39 is 0 Å². The van der Waals surface area contributed by atoms with Gasteiger partial charge in [0.1, 0.15) is 5.58 Å². The highest BCUT2D eigenvalue weighted by Gasteiger charge is 2.20. The third kappa shape index (κ3) is 4.21. The van der Waals surface area contributed by atoms with Crippen molar-refractivity contribution in [2.45, 2.75) is 58.8 Å². The number of fused-ring (bicyclic) bond motifs is 3. The molecule has 0 bridgehead atoms. The third-order valence-corrected chi connectivity index (χ3v) is 8.85. The van der Waals surface area contributed by atoms with E-state index in [1.807, 2.05) is 0 Å². The average molecular weight is 523 g/mol. The highest BCUT2D eigenvalue weighted by molar-refractivity contribution is 6.08. The van der Waals surface area contributed by atoms with E-state index in [0.717, 1.165) is 33.3 Å². The summed E-state index contributed by atoms with van der Waals surface area (Å²) in [6.45, 7) is 6.58. The molecule has 198 valence electrons. The second kappa shape index (κ2) is 10.1. The van der Waals surface area contributed by atoms with E-state index in [0.29, 0.717) is 11.6 Å². The molecule has 0 spiro atoms. The van der Waals surface area contributed by atoms with Crippen LogP contribution >= 0.6 is 0 Å². The van der Waals surface area contributed by atoms with E-state index in [1.165, 1.54) is 71.0 Å². The second-order valence-corrected chi connectivity index (χ2v) is 11.4. The van der Waals surface area contributed by atoms with E-state index in [-0.39, 0.29) is 0 Å². The van der Waals surface area contributed by atoms with Crippen LogP contribution in [0.3, 0.4) is 0 Å². The van der Waals surface area contributed by atoms with Crippen molar-refractivity contribution in [2.24, 2.45) is 0 Å². The number of pyridine rings is 2. The number of aryl methyl sites for hydroxylation is 2. The predicted molar refractivity (Wildman–Crippen MR) is 166 cm³/mol. The first-order valence-electron chi connectivity index (χ1n) is 14.5. The molecular formula is C37H34N2O. The Morgan fingerprint density at radius 2 is 1.52 bits per heavy atom. The fourth-order valence-electron chi connectivity index (χ4n) is 6.75. The number of nitrogens with zero attached hydrogens (tertiary/aromatic N) is 2. The van der Waals surface area contributed by atoms with E-state index in [4.69, 9.17) is 14.4 Å². The van der Waals surface area contributed by atoms with Crippen LogP contribution in [0.5, 0.6) is 0 Å². The molecule has 1 fully saturated rings. The maximum Gasteiger partial charge on any atom is 0.227 e. The van der Waals surface area contributed by atoms with Gasteiger partial charge in [0.15, 0.2) is 0 Å². The van der Waals surface area contributed by atoms with Crippen LogP contribution in [0.1, 0.15) is 60.3 Å².